The van der Waals surface area contributed by atoms with E-state index in [1.807, 2.05) is 19.1 Å². The normalized spacial score (nSPS) is 10.6. The summed E-state index contributed by atoms with van der Waals surface area (Å²) in [5.74, 6) is 1.50. The molecule has 1 aromatic carbocycles. The summed E-state index contributed by atoms with van der Waals surface area (Å²) >= 11 is 0. The van der Waals surface area contributed by atoms with Crippen molar-refractivity contribution in [2.75, 3.05) is 19.8 Å². The highest BCUT2D eigenvalue weighted by Gasteiger charge is 2.11. The van der Waals surface area contributed by atoms with Crippen LogP contribution in [0.1, 0.15) is 48.6 Å². The topological polar surface area (TPSA) is 60.7 Å². The van der Waals surface area contributed by atoms with Gasteiger partial charge in [-0.15, -0.1) is 0 Å². The van der Waals surface area contributed by atoms with Crippen molar-refractivity contribution in [2.45, 2.75) is 39.7 Å². The number of benzene rings is 1. The zero-order valence-corrected chi connectivity index (χ0v) is 15.0. The van der Waals surface area contributed by atoms with Crippen LogP contribution in [0.15, 0.2) is 40.8 Å². The first-order chi connectivity index (χ1) is 12.2. The van der Waals surface area contributed by atoms with E-state index in [0.717, 1.165) is 25.0 Å². The molecule has 5 nitrogen and oxygen atoms in total. The molecular weight excluding hydrogens is 318 g/mol. The van der Waals surface area contributed by atoms with Gasteiger partial charge in [-0.05, 0) is 49.6 Å². The summed E-state index contributed by atoms with van der Waals surface area (Å²) in [4.78, 5) is 12.0. The number of carbonyl (C=O) groups excluding carboxylic acids is 1. The fraction of sp³-hybridized carbons (Fsp3) is 0.450. The summed E-state index contributed by atoms with van der Waals surface area (Å²) in [6.07, 6.45) is 2.98. The summed E-state index contributed by atoms with van der Waals surface area (Å²) in [5.41, 5.74) is 1.30. The summed E-state index contributed by atoms with van der Waals surface area (Å²) in [7, 11) is 0. The second-order valence-electron chi connectivity index (χ2n) is 5.75. The van der Waals surface area contributed by atoms with Crippen molar-refractivity contribution in [3.63, 3.8) is 0 Å². The van der Waals surface area contributed by atoms with Gasteiger partial charge in [0.25, 0.3) is 5.91 Å². The highest BCUT2D eigenvalue weighted by molar-refractivity contribution is 5.91. The molecule has 0 aliphatic heterocycles. The second kappa shape index (κ2) is 10.6. The van der Waals surface area contributed by atoms with E-state index >= 15 is 0 Å². The van der Waals surface area contributed by atoms with Crippen molar-refractivity contribution < 1.29 is 18.7 Å². The predicted octanol–water partition coefficient (Wildman–Crippen LogP) is 3.97. The van der Waals surface area contributed by atoms with Crippen molar-refractivity contribution in [1.82, 2.24) is 5.32 Å². The Hall–Kier alpha value is -2.27. The molecule has 2 aromatic rings. The number of amides is 1. The molecule has 0 spiro atoms. The monoisotopic (exact) mass is 345 g/mol. The van der Waals surface area contributed by atoms with Gasteiger partial charge in [-0.3, -0.25) is 4.79 Å². The molecule has 1 N–H and O–H groups in total. The lowest BCUT2D eigenvalue weighted by atomic mass is 10.1. The van der Waals surface area contributed by atoms with Crippen LogP contribution in [0, 0.1) is 0 Å². The lowest BCUT2D eigenvalue weighted by Crippen LogP contribution is -2.24. The molecule has 1 aromatic heterocycles. The average Bonchev–Trinajstić information content (AvgIpc) is 3.10. The van der Waals surface area contributed by atoms with Gasteiger partial charge >= 0.3 is 0 Å². The predicted molar refractivity (Wildman–Crippen MR) is 96.9 cm³/mol. The minimum atomic E-state index is -0.216. The molecule has 0 fully saturated rings. The molecule has 25 heavy (non-hydrogen) atoms. The van der Waals surface area contributed by atoms with E-state index in [1.165, 1.54) is 5.56 Å². The van der Waals surface area contributed by atoms with E-state index in [0.29, 0.717) is 37.9 Å². The van der Waals surface area contributed by atoms with Crippen LogP contribution in [0.4, 0.5) is 0 Å². The lowest BCUT2D eigenvalue weighted by molar-refractivity contribution is 0.0913. The number of hydrogen-bond acceptors (Lipinski definition) is 4. The first-order valence-corrected chi connectivity index (χ1v) is 8.89. The van der Waals surface area contributed by atoms with Crippen molar-refractivity contribution in [3.05, 3.63) is 53.5 Å². The second-order valence-corrected chi connectivity index (χ2v) is 5.75. The fourth-order valence-corrected chi connectivity index (χ4v) is 2.38. The SMILES string of the molecule is CCCc1ccc(OCc2ccc(C(=O)NCCCOCC)o2)cc1. The standard InChI is InChI=1S/C20H27NO4/c1-3-6-16-7-9-17(10-8-16)24-15-18-11-12-19(25-18)20(22)21-13-5-14-23-4-2/h7-12H,3-6,13-15H2,1-2H3,(H,21,22). The van der Waals surface area contributed by atoms with Crippen LogP contribution in [0.5, 0.6) is 5.75 Å². The van der Waals surface area contributed by atoms with Crippen LogP contribution in [0.25, 0.3) is 0 Å². The average molecular weight is 345 g/mol. The molecule has 1 heterocycles. The molecule has 136 valence electrons. The third kappa shape index (κ3) is 6.63. The van der Waals surface area contributed by atoms with Crippen LogP contribution in [-0.2, 0) is 17.8 Å². The number of hydrogen-bond donors (Lipinski definition) is 1. The van der Waals surface area contributed by atoms with Gasteiger partial charge < -0.3 is 19.2 Å². The Morgan fingerprint density at radius 1 is 1.12 bits per heavy atom. The van der Waals surface area contributed by atoms with Crippen LogP contribution in [-0.4, -0.2) is 25.7 Å². The smallest absolute Gasteiger partial charge is 0.286 e. The Bertz CT molecular complexity index is 633. The van der Waals surface area contributed by atoms with E-state index < -0.39 is 0 Å². The number of furan rings is 1. The zero-order chi connectivity index (χ0) is 17.9. The first-order valence-electron chi connectivity index (χ1n) is 8.89. The minimum absolute atomic E-state index is 0.216. The van der Waals surface area contributed by atoms with Gasteiger partial charge in [0.1, 0.15) is 18.1 Å². The lowest BCUT2D eigenvalue weighted by Gasteiger charge is -2.06. The Labute approximate surface area is 149 Å². The zero-order valence-electron chi connectivity index (χ0n) is 15.0. The molecule has 2 rings (SSSR count). The van der Waals surface area contributed by atoms with E-state index in [1.54, 1.807) is 12.1 Å². The van der Waals surface area contributed by atoms with Crippen molar-refractivity contribution in [3.8, 4) is 5.75 Å². The fourth-order valence-electron chi connectivity index (χ4n) is 2.38. The quantitative estimate of drug-likeness (QED) is 0.626. The van der Waals surface area contributed by atoms with Gasteiger partial charge in [-0.1, -0.05) is 25.5 Å². The van der Waals surface area contributed by atoms with E-state index in [2.05, 4.69) is 24.4 Å². The van der Waals surface area contributed by atoms with Gasteiger partial charge in [0.15, 0.2) is 5.76 Å². The molecule has 0 radical (unpaired) electrons. The molecule has 0 saturated carbocycles. The van der Waals surface area contributed by atoms with Crippen LogP contribution < -0.4 is 10.1 Å². The number of nitrogens with one attached hydrogen (secondary N) is 1. The number of carbonyl (C=O) groups is 1. The summed E-state index contributed by atoms with van der Waals surface area (Å²) < 4.78 is 16.5. The first kappa shape index (κ1) is 19.1. The van der Waals surface area contributed by atoms with Gasteiger partial charge in [-0.2, -0.15) is 0 Å². The van der Waals surface area contributed by atoms with Crippen LogP contribution in [0.3, 0.4) is 0 Å². The van der Waals surface area contributed by atoms with Gasteiger partial charge in [0.2, 0.25) is 0 Å². The molecular formula is C20H27NO4. The maximum absolute atomic E-state index is 12.0. The summed E-state index contributed by atoms with van der Waals surface area (Å²) in [6.45, 7) is 6.31. The Morgan fingerprint density at radius 2 is 1.92 bits per heavy atom. The Balaban J connectivity index is 1.75. The van der Waals surface area contributed by atoms with Gasteiger partial charge in [0.05, 0.1) is 0 Å². The molecule has 0 unspecified atom stereocenters. The van der Waals surface area contributed by atoms with Gasteiger partial charge in [-0.25, -0.2) is 0 Å². The third-order valence-electron chi connectivity index (χ3n) is 3.68. The van der Waals surface area contributed by atoms with E-state index in [9.17, 15) is 4.79 Å². The molecule has 5 heteroatoms. The Morgan fingerprint density at radius 3 is 2.64 bits per heavy atom. The number of rotatable bonds is 11. The van der Waals surface area contributed by atoms with Crippen molar-refractivity contribution in [1.29, 1.82) is 0 Å². The molecule has 0 aliphatic rings. The number of aryl methyl sites for hydroxylation is 1. The molecule has 0 saturated heterocycles. The molecule has 1 amide bonds. The molecule has 0 bridgehead atoms. The highest BCUT2D eigenvalue weighted by Crippen LogP contribution is 2.16. The van der Waals surface area contributed by atoms with E-state index in [-0.39, 0.29) is 5.91 Å². The van der Waals surface area contributed by atoms with Crippen molar-refractivity contribution >= 4 is 5.91 Å². The molecule has 0 aliphatic carbocycles. The summed E-state index contributed by atoms with van der Waals surface area (Å²) in [6, 6.07) is 11.5. The maximum atomic E-state index is 12.0. The van der Waals surface area contributed by atoms with Gasteiger partial charge in [0, 0.05) is 19.8 Å². The Kier molecular flexibility index (Phi) is 8.05. The number of ether oxygens (including phenoxy) is 2. The minimum Gasteiger partial charge on any atom is -0.486 e. The molecule has 0 atom stereocenters. The van der Waals surface area contributed by atoms with E-state index in [4.69, 9.17) is 13.9 Å². The van der Waals surface area contributed by atoms with Crippen LogP contribution >= 0.6 is 0 Å². The van der Waals surface area contributed by atoms with Crippen LogP contribution in [0.2, 0.25) is 0 Å². The maximum Gasteiger partial charge on any atom is 0.286 e. The highest BCUT2D eigenvalue weighted by atomic mass is 16.5. The van der Waals surface area contributed by atoms with Crippen molar-refractivity contribution in [2.24, 2.45) is 0 Å². The third-order valence-corrected chi connectivity index (χ3v) is 3.68. The summed E-state index contributed by atoms with van der Waals surface area (Å²) in [5, 5.41) is 2.81. The largest absolute Gasteiger partial charge is 0.486 e.